The summed E-state index contributed by atoms with van der Waals surface area (Å²) in [5.41, 5.74) is 0. The number of amides is 2. The number of aliphatic carboxylic acids is 1. The Balaban J connectivity index is 2.02. The minimum Gasteiger partial charge on any atom is -0.480 e. The van der Waals surface area contributed by atoms with Gasteiger partial charge in [0, 0.05) is 37.4 Å². The first-order valence-corrected chi connectivity index (χ1v) is 7.74. The normalized spacial score (nSPS) is 23.1. The van der Waals surface area contributed by atoms with Gasteiger partial charge in [-0.15, -0.1) is 11.3 Å². The van der Waals surface area contributed by atoms with E-state index >= 15 is 0 Å². The van der Waals surface area contributed by atoms with Gasteiger partial charge in [0.05, 0.1) is 6.10 Å². The predicted molar refractivity (Wildman–Crippen MR) is 79.4 cm³/mol. The third-order valence-electron chi connectivity index (χ3n) is 3.85. The molecule has 1 unspecified atom stereocenters. The van der Waals surface area contributed by atoms with Crippen molar-refractivity contribution in [3.8, 4) is 0 Å². The zero-order valence-electron chi connectivity index (χ0n) is 12.1. The van der Waals surface area contributed by atoms with E-state index in [1.165, 1.54) is 9.78 Å². The fraction of sp³-hybridized carbons (Fsp3) is 0.571. The van der Waals surface area contributed by atoms with Gasteiger partial charge < -0.3 is 20.0 Å². The number of urea groups is 1. The molecule has 1 fully saturated rings. The Hall–Kier alpha value is -1.60. The number of carbonyl (C=O) groups excluding carboxylic acids is 1. The number of aliphatic hydroxyl groups excluding tert-OH is 1. The second-order valence-corrected chi connectivity index (χ2v) is 6.45. The second kappa shape index (κ2) is 6.44. The molecule has 0 aromatic carbocycles. The molecule has 1 saturated heterocycles. The highest BCUT2D eigenvalue weighted by Crippen LogP contribution is 2.21. The maximum Gasteiger partial charge on any atom is 0.326 e. The summed E-state index contributed by atoms with van der Waals surface area (Å²) in [5.74, 6) is -1.07. The van der Waals surface area contributed by atoms with E-state index in [9.17, 15) is 14.7 Å². The molecule has 1 aromatic heterocycles. The number of β-amino-alcohol motifs (C(OH)–C–C–N with tert-alkyl or cyclic N) is 1. The summed E-state index contributed by atoms with van der Waals surface area (Å²) in [6.45, 7) is 2.01. The first-order chi connectivity index (χ1) is 9.90. The number of likely N-dealkylation sites (tertiary alicyclic amines) is 1. The molecule has 3 atom stereocenters. The van der Waals surface area contributed by atoms with E-state index in [1.54, 1.807) is 23.3 Å². The summed E-state index contributed by atoms with van der Waals surface area (Å²) >= 11 is 1.63. The zero-order valence-corrected chi connectivity index (χ0v) is 12.9. The van der Waals surface area contributed by atoms with Crippen molar-refractivity contribution in [1.29, 1.82) is 0 Å². The monoisotopic (exact) mass is 312 g/mol. The van der Waals surface area contributed by atoms with Crippen LogP contribution < -0.4 is 0 Å². The van der Waals surface area contributed by atoms with Crippen LogP contribution in [0, 0.1) is 0 Å². The van der Waals surface area contributed by atoms with Crippen molar-refractivity contribution in [1.82, 2.24) is 9.80 Å². The van der Waals surface area contributed by atoms with Crippen LogP contribution in [0.5, 0.6) is 0 Å². The number of carboxylic acid groups (broad SMARTS) is 1. The summed E-state index contributed by atoms with van der Waals surface area (Å²) in [6, 6.07) is 2.65. The van der Waals surface area contributed by atoms with Crippen LogP contribution in [0.3, 0.4) is 0 Å². The van der Waals surface area contributed by atoms with Crippen LogP contribution in [-0.2, 0) is 11.2 Å². The molecule has 21 heavy (non-hydrogen) atoms. The van der Waals surface area contributed by atoms with E-state index in [0.717, 1.165) is 6.42 Å². The van der Waals surface area contributed by atoms with Gasteiger partial charge in [0.2, 0.25) is 0 Å². The number of hydrogen-bond donors (Lipinski definition) is 2. The van der Waals surface area contributed by atoms with Crippen molar-refractivity contribution in [2.45, 2.75) is 38.0 Å². The van der Waals surface area contributed by atoms with Crippen LogP contribution in [0.4, 0.5) is 4.79 Å². The van der Waals surface area contributed by atoms with E-state index < -0.39 is 18.1 Å². The molecule has 2 N–H and O–H groups in total. The molecule has 1 aromatic rings. The van der Waals surface area contributed by atoms with E-state index in [4.69, 9.17) is 5.11 Å². The van der Waals surface area contributed by atoms with Crippen LogP contribution >= 0.6 is 11.3 Å². The lowest BCUT2D eigenvalue weighted by Crippen LogP contribution is -2.49. The van der Waals surface area contributed by atoms with Crippen LogP contribution in [0.15, 0.2) is 17.5 Å². The largest absolute Gasteiger partial charge is 0.480 e. The van der Waals surface area contributed by atoms with E-state index in [-0.39, 0.29) is 25.0 Å². The number of likely N-dealkylation sites (N-methyl/N-ethyl adjacent to an activating group) is 1. The van der Waals surface area contributed by atoms with Gasteiger partial charge in [0.1, 0.15) is 6.04 Å². The molecule has 0 bridgehead atoms. The van der Waals surface area contributed by atoms with Gasteiger partial charge in [-0.2, -0.15) is 0 Å². The fourth-order valence-corrected chi connectivity index (χ4v) is 3.33. The van der Waals surface area contributed by atoms with E-state index in [2.05, 4.69) is 0 Å². The Bertz CT molecular complexity index is 505. The lowest BCUT2D eigenvalue weighted by Gasteiger charge is -2.31. The van der Waals surface area contributed by atoms with Crippen molar-refractivity contribution in [2.24, 2.45) is 0 Å². The fourth-order valence-electron chi connectivity index (χ4n) is 2.51. The minimum absolute atomic E-state index is 0.0386. The van der Waals surface area contributed by atoms with E-state index in [0.29, 0.717) is 0 Å². The molecule has 2 heterocycles. The number of carboxylic acids is 1. The van der Waals surface area contributed by atoms with Gasteiger partial charge in [-0.25, -0.2) is 9.59 Å². The second-order valence-electron chi connectivity index (χ2n) is 5.42. The van der Waals surface area contributed by atoms with Gasteiger partial charge in [-0.1, -0.05) is 6.07 Å². The van der Waals surface area contributed by atoms with Gasteiger partial charge in [-0.05, 0) is 18.4 Å². The van der Waals surface area contributed by atoms with Gasteiger partial charge in [0.25, 0.3) is 0 Å². The summed E-state index contributed by atoms with van der Waals surface area (Å²) < 4.78 is 0. The zero-order chi connectivity index (χ0) is 15.6. The molecular weight excluding hydrogens is 292 g/mol. The van der Waals surface area contributed by atoms with Crippen LogP contribution in [0.2, 0.25) is 0 Å². The van der Waals surface area contributed by atoms with Gasteiger partial charge in [0.15, 0.2) is 0 Å². The molecule has 0 saturated carbocycles. The molecular formula is C14H20N2O4S. The molecule has 6 nitrogen and oxygen atoms in total. The van der Waals surface area contributed by atoms with Crippen molar-refractivity contribution < 1.29 is 19.8 Å². The highest BCUT2D eigenvalue weighted by atomic mass is 32.1. The molecule has 1 aliphatic rings. The molecule has 116 valence electrons. The quantitative estimate of drug-likeness (QED) is 0.877. The van der Waals surface area contributed by atoms with Crippen LogP contribution in [0.1, 0.15) is 18.2 Å². The first kappa shape index (κ1) is 15.8. The lowest BCUT2D eigenvalue weighted by molar-refractivity contribution is -0.141. The molecule has 0 aliphatic carbocycles. The predicted octanol–water partition coefficient (Wildman–Crippen LogP) is 1.25. The number of nitrogens with zero attached hydrogens (tertiary/aromatic N) is 2. The Labute approximate surface area is 127 Å². The Kier molecular flexibility index (Phi) is 4.84. The average Bonchev–Trinajstić information content (AvgIpc) is 3.06. The summed E-state index contributed by atoms with van der Waals surface area (Å²) in [4.78, 5) is 27.6. The van der Waals surface area contributed by atoms with Crippen molar-refractivity contribution in [3.05, 3.63) is 22.4 Å². The molecule has 1 aliphatic heterocycles. The summed E-state index contributed by atoms with van der Waals surface area (Å²) in [7, 11) is 1.67. The number of hydrogen-bond acceptors (Lipinski definition) is 4. The Morgan fingerprint density at radius 2 is 2.29 bits per heavy atom. The topological polar surface area (TPSA) is 81.1 Å². The SMILES string of the molecule is CC(Cc1cccs1)N(C)C(=O)N1C[C@H](O)C[C@H]1C(=O)O. The third kappa shape index (κ3) is 3.54. The highest BCUT2D eigenvalue weighted by Gasteiger charge is 2.40. The lowest BCUT2D eigenvalue weighted by atomic mass is 10.2. The van der Waals surface area contributed by atoms with Crippen molar-refractivity contribution in [2.75, 3.05) is 13.6 Å². The highest BCUT2D eigenvalue weighted by molar-refractivity contribution is 7.09. The summed E-state index contributed by atoms with van der Waals surface area (Å²) in [6.07, 6.45) is 0.0541. The standard InChI is InChI=1S/C14H20N2O4S/c1-9(6-11-4-3-5-21-11)15(2)14(20)16-8-10(17)7-12(16)13(18)19/h3-5,9-10,12,17H,6-8H2,1-2H3,(H,18,19)/t9?,10-,12+/m1/s1. The minimum atomic E-state index is -1.07. The number of rotatable bonds is 4. The number of carbonyl (C=O) groups is 2. The van der Waals surface area contributed by atoms with Crippen LogP contribution in [-0.4, -0.2) is 63.8 Å². The number of aliphatic hydroxyl groups is 1. The van der Waals surface area contributed by atoms with Gasteiger partial charge in [-0.3, -0.25) is 0 Å². The maximum atomic E-state index is 12.5. The molecule has 2 rings (SSSR count). The Morgan fingerprint density at radius 3 is 2.86 bits per heavy atom. The number of thiophene rings is 1. The van der Waals surface area contributed by atoms with E-state index in [1.807, 2.05) is 24.4 Å². The van der Waals surface area contributed by atoms with Gasteiger partial charge >= 0.3 is 12.0 Å². The smallest absolute Gasteiger partial charge is 0.326 e. The molecule has 0 spiro atoms. The summed E-state index contributed by atoms with van der Waals surface area (Å²) in [5, 5.41) is 20.8. The molecule has 7 heteroatoms. The van der Waals surface area contributed by atoms with Crippen molar-refractivity contribution >= 4 is 23.3 Å². The Morgan fingerprint density at radius 1 is 1.57 bits per heavy atom. The maximum absolute atomic E-state index is 12.5. The first-order valence-electron chi connectivity index (χ1n) is 6.86. The molecule has 0 radical (unpaired) electrons. The molecule has 2 amide bonds. The van der Waals surface area contributed by atoms with Crippen molar-refractivity contribution in [3.63, 3.8) is 0 Å². The third-order valence-corrected chi connectivity index (χ3v) is 4.75. The average molecular weight is 312 g/mol. The van der Waals surface area contributed by atoms with Crippen LogP contribution in [0.25, 0.3) is 0 Å².